The van der Waals surface area contributed by atoms with Crippen LogP contribution in [0, 0.1) is 5.92 Å². The van der Waals surface area contributed by atoms with Crippen molar-refractivity contribution in [1.29, 1.82) is 0 Å². The highest BCUT2D eigenvalue weighted by Gasteiger charge is 2.04. The molecule has 2 heteroatoms. The van der Waals surface area contributed by atoms with E-state index in [2.05, 4.69) is 33.8 Å². The summed E-state index contributed by atoms with van der Waals surface area (Å²) in [7, 11) is 0. The molecule has 0 saturated carbocycles. The first-order valence-electron chi connectivity index (χ1n) is 6.85. The van der Waals surface area contributed by atoms with E-state index in [9.17, 15) is 4.79 Å². The predicted octanol–water partition coefficient (Wildman–Crippen LogP) is 4.49. The fourth-order valence-electron chi connectivity index (χ4n) is 1.57. The fraction of sp³-hybridized carbons (Fsp3) is 0.800. The molecule has 0 aromatic heterocycles. The zero-order chi connectivity index (χ0) is 13.1. The molecule has 0 saturated heterocycles. The van der Waals surface area contributed by atoms with Gasteiger partial charge in [0.2, 0.25) is 0 Å². The van der Waals surface area contributed by atoms with Gasteiger partial charge in [-0.3, -0.25) is 4.79 Å². The summed E-state index contributed by atoms with van der Waals surface area (Å²) in [5.41, 5.74) is 1.38. The number of carbonyl (C=O) groups is 1. The molecule has 0 aliphatic carbocycles. The van der Waals surface area contributed by atoms with Gasteiger partial charge in [0.15, 0.2) is 0 Å². The Kier molecular flexibility index (Phi) is 9.89. The van der Waals surface area contributed by atoms with Gasteiger partial charge in [0.1, 0.15) is 0 Å². The summed E-state index contributed by atoms with van der Waals surface area (Å²) in [5, 5.41) is 0. The highest BCUT2D eigenvalue weighted by Crippen LogP contribution is 2.12. The predicted molar refractivity (Wildman–Crippen MR) is 72.9 cm³/mol. The summed E-state index contributed by atoms with van der Waals surface area (Å²) in [6.45, 7) is 9.14. The van der Waals surface area contributed by atoms with Crippen LogP contribution in [0.4, 0.5) is 0 Å². The number of esters is 1. The Morgan fingerprint density at radius 3 is 2.59 bits per heavy atom. The monoisotopic (exact) mass is 240 g/mol. The quantitative estimate of drug-likeness (QED) is 0.438. The lowest BCUT2D eigenvalue weighted by Gasteiger charge is -2.10. The number of unbranched alkanes of at least 4 members (excludes halogenated alkanes) is 1. The molecular weight excluding hydrogens is 212 g/mol. The van der Waals surface area contributed by atoms with Crippen molar-refractivity contribution in [2.24, 2.45) is 5.92 Å². The van der Waals surface area contributed by atoms with E-state index in [1.54, 1.807) is 0 Å². The molecule has 0 bridgehead atoms. The molecule has 1 unspecified atom stereocenters. The van der Waals surface area contributed by atoms with Gasteiger partial charge in [0.05, 0.1) is 6.61 Å². The third kappa shape index (κ3) is 11.5. The second-order valence-corrected chi connectivity index (χ2v) is 5.08. The van der Waals surface area contributed by atoms with Crippen molar-refractivity contribution in [2.75, 3.05) is 6.61 Å². The molecule has 0 aromatic carbocycles. The largest absolute Gasteiger partial charge is 0.466 e. The van der Waals surface area contributed by atoms with Crippen LogP contribution in [0.1, 0.15) is 66.2 Å². The van der Waals surface area contributed by atoms with Crippen LogP contribution in [0.25, 0.3) is 0 Å². The topological polar surface area (TPSA) is 26.3 Å². The van der Waals surface area contributed by atoms with Crippen molar-refractivity contribution in [3.63, 3.8) is 0 Å². The van der Waals surface area contributed by atoms with E-state index < -0.39 is 0 Å². The molecule has 0 N–H and O–H groups in total. The van der Waals surface area contributed by atoms with E-state index in [1.807, 2.05) is 0 Å². The minimum Gasteiger partial charge on any atom is -0.466 e. The van der Waals surface area contributed by atoms with Gasteiger partial charge in [-0.1, -0.05) is 31.9 Å². The van der Waals surface area contributed by atoms with Crippen LogP contribution >= 0.6 is 0 Å². The fourth-order valence-corrected chi connectivity index (χ4v) is 1.57. The standard InChI is InChI=1S/C15H28O2/c1-5-6-10-15(16)17-12-11-14(4)9-7-8-13(2)3/h8,14H,5-7,9-12H2,1-4H3. The van der Waals surface area contributed by atoms with Crippen molar-refractivity contribution in [3.8, 4) is 0 Å². The molecule has 0 heterocycles. The van der Waals surface area contributed by atoms with Gasteiger partial charge in [-0.05, 0) is 45.4 Å². The molecule has 0 aliphatic rings. The van der Waals surface area contributed by atoms with Crippen molar-refractivity contribution >= 4 is 5.97 Å². The second-order valence-electron chi connectivity index (χ2n) is 5.08. The zero-order valence-electron chi connectivity index (χ0n) is 11.9. The molecule has 0 rings (SSSR count). The Bertz CT molecular complexity index is 227. The molecule has 1 atom stereocenters. The first-order chi connectivity index (χ1) is 8.06. The summed E-state index contributed by atoms with van der Waals surface area (Å²) in [5.74, 6) is 0.591. The lowest BCUT2D eigenvalue weighted by molar-refractivity contribution is -0.144. The third-order valence-corrected chi connectivity index (χ3v) is 2.82. The molecule has 0 fully saturated rings. The molecule has 0 spiro atoms. The van der Waals surface area contributed by atoms with E-state index in [0.717, 1.165) is 25.7 Å². The first kappa shape index (κ1) is 16.2. The molecule has 0 aromatic rings. The maximum Gasteiger partial charge on any atom is 0.305 e. The number of allylic oxidation sites excluding steroid dienone is 2. The van der Waals surface area contributed by atoms with Crippen LogP contribution in [-0.4, -0.2) is 12.6 Å². The summed E-state index contributed by atoms with van der Waals surface area (Å²) >= 11 is 0. The summed E-state index contributed by atoms with van der Waals surface area (Å²) < 4.78 is 5.19. The highest BCUT2D eigenvalue weighted by atomic mass is 16.5. The number of ether oxygens (including phenoxy) is 1. The SMILES string of the molecule is CCCCC(=O)OCCC(C)CCC=C(C)C. The van der Waals surface area contributed by atoms with Gasteiger partial charge in [0, 0.05) is 6.42 Å². The zero-order valence-corrected chi connectivity index (χ0v) is 11.9. The van der Waals surface area contributed by atoms with E-state index in [1.165, 1.54) is 12.0 Å². The van der Waals surface area contributed by atoms with Gasteiger partial charge >= 0.3 is 5.97 Å². The molecule has 0 radical (unpaired) electrons. The molecule has 100 valence electrons. The maximum atomic E-state index is 11.3. The van der Waals surface area contributed by atoms with Gasteiger partial charge < -0.3 is 4.74 Å². The lowest BCUT2D eigenvalue weighted by Crippen LogP contribution is -2.08. The molecular formula is C15H28O2. The summed E-state index contributed by atoms with van der Waals surface area (Å²) in [4.78, 5) is 11.3. The first-order valence-corrected chi connectivity index (χ1v) is 6.85. The van der Waals surface area contributed by atoms with Crippen LogP contribution in [0.15, 0.2) is 11.6 Å². The highest BCUT2D eigenvalue weighted by molar-refractivity contribution is 5.69. The Hall–Kier alpha value is -0.790. The van der Waals surface area contributed by atoms with Crippen molar-refractivity contribution < 1.29 is 9.53 Å². The van der Waals surface area contributed by atoms with Crippen molar-refractivity contribution in [3.05, 3.63) is 11.6 Å². The Morgan fingerprint density at radius 2 is 2.00 bits per heavy atom. The Morgan fingerprint density at radius 1 is 1.29 bits per heavy atom. The normalized spacial score (nSPS) is 12.0. The minimum atomic E-state index is -0.0386. The lowest BCUT2D eigenvalue weighted by atomic mass is 10.0. The van der Waals surface area contributed by atoms with Crippen LogP contribution in [-0.2, 0) is 9.53 Å². The number of hydrogen-bond acceptors (Lipinski definition) is 2. The average Bonchev–Trinajstić information content (AvgIpc) is 2.25. The Balaban J connectivity index is 3.47. The van der Waals surface area contributed by atoms with Gasteiger partial charge in [-0.15, -0.1) is 0 Å². The summed E-state index contributed by atoms with van der Waals surface area (Å²) in [6, 6.07) is 0. The third-order valence-electron chi connectivity index (χ3n) is 2.82. The van der Waals surface area contributed by atoms with E-state index >= 15 is 0 Å². The van der Waals surface area contributed by atoms with Crippen molar-refractivity contribution in [1.82, 2.24) is 0 Å². The average molecular weight is 240 g/mol. The smallest absolute Gasteiger partial charge is 0.305 e. The van der Waals surface area contributed by atoms with E-state index in [0.29, 0.717) is 18.9 Å². The molecule has 2 nitrogen and oxygen atoms in total. The van der Waals surface area contributed by atoms with Gasteiger partial charge in [-0.2, -0.15) is 0 Å². The Labute approximate surface area is 106 Å². The van der Waals surface area contributed by atoms with Crippen LogP contribution in [0.5, 0.6) is 0 Å². The van der Waals surface area contributed by atoms with Crippen LogP contribution in [0.2, 0.25) is 0 Å². The molecule has 0 amide bonds. The van der Waals surface area contributed by atoms with Crippen LogP contribution in [0.3, 0.4) is 0 Å². The van der Waals surface area contributed by atoms with Crippen molar-refractivity contribution in [2.45, 2.75) is 66.2 Å². The summed E-state index contributed by atoms with van der Waals surface area (Å²) in [6.07, 6.45) is 8.12. The molecule has 17 heavy (non-hydrogen) atoms. The number of rotatable bonds is 9. The number of carbonyl (C=O) groups excluding carboxylic acids is 1. The van der Waals surface area contributed by atoms with Gasteiger partial charge in [-0.25, -0.2) is 0 Å². The molecule has 0 aliphatic heterocycles. The maximum absolute atomic E-state index is 11.3. The van der Waals surface area contributed by atoms with Gasteiger partial charge in [0.25, 0.3) is 0 Å². The minimum absolute atomic E-state index is 0.0386. The van der Waals surface area contributed by atoms with E-state index in [-0.39, 0.29) is 5.97 Å². The van der Waals surface area contributed by atoms with E-state index in [4.69, 9.17) is 4.74 Å². The van der Waals surface area contributed by atoms with Crippen LogP contribution < -0.4 is 0 Å². The second kappa shape index (κ2) is 10.4. The number of hydrogen-bond donors (Lipinski definition) is 0.